The van der Waals surface area contributed by atoms with Crippen LogP contribution >= 0.6 is 0 Å². The quantitative estimate of drug-likeness (QED) is 0.587. The maximum absolute atomic E-state index is 10.9. The summed E-state index contributed by atoms with van der Waals surface area (Å²) in [5.74, 6) is 0. The van der Waals surface area contributed by atoms with E-state index in [2.05, 4.69) is 0 Å². The minimum absolute atomic E-state index is 0.106. The molecule has 96 valence electrons. The molecule has 0 radical (unpaired) electrons. The smallest absolute Gasteiger partial charge is 0.258 e. The second-order valence-corrected chi connectivity index (χ2v) is 3.37. The van der Waals surface area contributed by atoms with Crippen molar-refractivity contribution in [1.82, 2.24) is 0 Å². The molecule has 0 spiro atoms. The predicted molar refractivity (Wildman–Crippen MR) is 59.9 cm³/mol. The second-order valence-electron chi connectivity index (χ2n) is 3.37. The highest BCUT2D eigenvalue weighted by molar-refractivity contribution is 5.75. The Labute approximate surface area is 99.9 Å². The summed E-state index contributed by atoms with van der Waals surface area (Å²) < 4.78 is 0. The SMILES string of the molecule is Cc1ccc([N+](=O)[O-])c(N(C)[N+](=O)[O-])c1[N+](=O)[O-]. The lowest BCUT2D eigenvalue weighted by molar-refractivity contribution is -0.493. The Balaban J connectivity index is 3.69. The summed E-state index contributed by atoms with van der Waals surface area (Å²) >= 11 is 0. The lowest BCUT2D eigenvalue weighted by Gasteiger charge is -2.10. The number of nitrogens with zero attached hydrogens (tertiary/aromatic N) is 4. The topological polar surface area (TPSA) is 133 Å². The molecular weight excluding hydrogens is 248 g/mol. The van der Waals surface area contributed by atoms with Gasteiger partial charge in [0.1, 0.15) is 0 Å². The zero-order chi connectivity index (χ0) is 14.0. The molecule has 0 aliphatic carbocycles. The lowest BCUT2D eigenvalue weighted by Crippen LogP contribution is -2.26. The number of rotatable bonds is 4. The van der Waals surface area contributed by atoms with Crippen LogP contribution < -0.4 is 5.01 Å². The third-order valence-corrected chi connectivity index (χ3v) is 2.28. The van der Waals surface area contributed by atoms with E-state index in [1.54, 1.807) is 0 Å². The van der Waals surface area contributed by atoms with Gasteiger partial charge in [-0.1, -0.05) is 5.01 Å². The Morgan fingerprint density at radius 1 is 1.06 bits per heavy atom. The molecule has 0 aliphatic rings. The van der Waals surface area contributed by atoms with Crippen LogP contribution in [0.1, 0.15) is 5.56 Å². The molecule has 0 heterocycles. The van der Waals surface area contributed by atoms with Crippen LogP contribution in [-0.4, -0.2) is 21.9 Å². The van der Waals surface area contributed by atoms with E-state index in [1.807, 2.05) is 0 Å². The lowest BCUT2D eigenvalue weighted by atomic mass is 10.1. The number of nitro benzene ring substituents is 2. The van der Waals surface area contributed by atoms with Crippen LogP contribution in [0.3, 0.4) is 0 Å². The van der Waals surface area contributed by atoms with Crippen molar-refractivity contribution in [3.8, 4) is 0 Å². The molecule has 0 bridgehead atoms. The summed E-state index contributed by atoms with van der Waals surface area (Å²) in [4.78, 5) is 30.5. The largest absolute Gasteiger partial charge is 0.308 e. The first-order valence-electron chi connectivity index (χ1n) is 4.57. The van der Waals surface area contributed by atoms with Gasteiger partial charge in [-0.15, -0.1) is 0 Å². The molecular formula is C8H8N4O6. The zero-order valence-electron chi connectivity index (χ0n) is 9.39. The van der Waals surface area contributed by atoms with Crippen molar-refractivity contribution in [3.63, 3.8) is 0 Å². The Kier molecular flexibility index (Phi) is 3.40. The fraction of sp³-hybridized carbons (Fsp3) is 0.250. The van der Waals surface area contributed by atoms with E-state index in [1.165, 1.54) is 13.0 Å². The van der Waals surface area contributed by atoms with Crippen molar-refractivity contribution in [2.75, 3.05) is 12.1 Å². The summed E-state index contributed by atoms with van der Waals surface area (Å²) in [6.45, 7) is 1.35. The van der Waals surface area contributed by atoms with Crippen LogP contribution in [0.25, 0.3) is 0 Å². The predicted octanol–water partition coefficient (Wildman–Crippen LogP) is 1.44. The molecule has 1 aromatic rings. The number of hydrogen-bond donors (Lipinski definition) is 0. The van der Waals surface area contributed by atoms with Gasteiger partial charge < -0.3 is 0 Å². The van der Waals surface area contributed by atoms with E-state index in [0.717, 1.165) is 13.1 Å². The molecule has 0 aromatic heterocycles. The average Bonchev–Trinajstić information content (AvgIpc) is 2.26. The van der Waals surface area contributed by atoms with Crippen LogP contribution in [0.15, 0.2) is 12.1 Å². The van der Waals surface area contributed by atoms with Gasteiger partial charge in [0.2, 0.25) is 0 Å². The number of hydrogen-bond acceptors (Lipinski definition) is 6. The number of aryl methyl sites for hydroxylation is 1. The van der Waals surface area contributed by atoms with E-state index < -0.39 is 31.9 Å². The van der Waals surface area contributed by atoms with Crippen molar-refractivity contribution in [1.29, 1.82) is 0 Å². The molecule has 0 fully saturated rings. The average molecular weight is 256 g/mol. The molecule has 0 aliphatic heterocycles. The first-order valence-corrected chi connectivity index (χ1v) is 4.57. The van der Waals surface area contributed by atoms with Gasteiger partial charge in [0.25, 0.3) is 5.69 Å². The monoisotopic (exact) mass is 256 g/mol. The Morgan fingerprint density at radius 2 is 1.61 bits per heavy atom. The molecule has 0 N–H and O–H groups in total. The molecule has 1 aromatic carbocycles. The molecule has 18 heavy (non-hydrogen) atoms. The van der Waals surface area contributed by atoms with Crippen molar-refractivity contribution in [3.05, 3.63) is 48.0 Å². The van der Waals surface area contributed by atoms with E-state index in [0.29, 0.717) is 0 Å². The van der Waals surface area contributed by atoms with Gasteiger partial charge >= 0.3 is 11.4 Å². The van der Waals surface area contributed by atoms with Gasteiger partial charge in [-0.05, 0) is 13.0 Å². The van der Waals surface area contributed by atoms with Crippen molar-refractivity contribution in [2.24, 2.45) is 0 Å². The molecule has 0 saturated heterocycles. The minimum Gasteiger partial charge on any atom is -0.258 e. The van der Waals surface area contributed by atoms with Crippen LogP contribution in [0, 0.1) is 37.3 Å². The van der Waals surface area contributed by atoms with E-state index in [9.17, 15) is 30.3 Å². The van der Waals surface area contributed by atoms with Crippen molar-refractivity contribution < 1.29 is 14.9 Å². The van der Waals surface area contributed by atoms with Gasteiger partial charge in [0.05, 0.1) is 16.9 Å². The molecule has 0 unspecified atom stereocenters. The maximum atomic E-state index is 10.9. The van der Waals surface area contributed by atoms with Gasteiger partial charge in [-0.2, -0.15) is 0 Å². The summed E-state index contributed by atoms with van der Waals surface area (Å²) in [5, 5.41) is 31.6. The second kappa shape index (κ2) is 4.61. The van der Waals surface area contributed by atoms with Crippen LogP contribution in [0.4, 0.5) is 17.1 Å². The first kappa shape index (κ1) is 13.3. The van der Waals surface area contributed by atoms with Crippen LogP contribution in [0.2, 0.25) is 0 Å². The fourth-order valence-corrected chi connectivity index (χ4v) is 1.45. The number of nitro groups is 3. The molecule has 10 nitrogen and oxygen atoms in total. The third-order valence-electron chi connectivity index (χ3n) is 2.28. The molecule has 10 heteroatoms. The zero-order valence-corrected chi connectivity index (χ0v) is 9.39. The summed E-state index contributed by atoms with van der Waals surface area (Å²) in [7, 11) is 0.911. The van der Waals surface area contributed by atoms with Crippen molar-refractivity contribution >= 4 is 17.1 Å². The highest BCUT2D eigenvalue weighted by atomic mass is 16.7. The van der Waals surface area contributed by atoms with Crippen LogP contribution in [-0.2, 0) is 0 Å². The van der Waals surface area contributed by atoms with Gasteiger partial charge in [0.15, 0.2) is 5.03 Å². The highest BCUT2D eigenvalue weighted by Crippen LogP contribution is 2.39. The number of benzene rings is 1. The summed E-state index contributed by atoms with van der Waals surface area (Å²) in [5.41, 5.74) is -1.88. The van der Waals surface area contributed by atoms with E-state index >= 15 is 0 Å². The maximum Gasteiger partial charge on any atom is 0.308 e. The Morgan fingerprint density at radius 3 is 2.00 bits per heavy atom. The van der Waals surface area contributed by atoms with Gasteiger partial charge in [0, 0.05) is 11.6 Å². The van der Waals surface area contributed by atoms with Crippen molar-refractivity contribution in [2.45, 2.75) is 6.92 Å². The Bertz CT molecular complexity index is 543. The highest BCUT2D eigenvalue weighted by Gasteiger charge is 2.35. The molecule has 1 rings (SSSR count). The minimum atomic E-state index is -0.964. The van der Waals surface area contributed by atoms with E-state index in [4.69, 9.17) is 0 Å². The van der Waals surface area contributed by atoms with Crippen LogP contribution in [0.5, 0.6) is 0 Å². The number of anilines is 1. The van der Waals surface area contributed by atoms with Gasteiger partial charge in [-0.25, -0.2) is 10.1 Å². The standard InChI is InChI=1S/C8H8N4O6/c1-5-3-4-6(10(13)14)8(7(5)11(15)16)9(2)12(17)18/h3-4H,1-2H3. The Hall–Kier alpha value is -2.78. The number of hydrazine groups is 1. The summed E-state index contributed by atoms with van der Waals surface area (Å²) in [6.07, 6.45) is 0. The molecule has 0 saturated carbocycles. The fourth-order valence-electron chi connectivity index (χ4n) is 1.45. The van der Waals surface area contributed by atoms with Gasteiger partial charge in [-0.3, -0.25) is 20.2 Å². The van der Waals surface area contributed by atoms with E-state index in [-0.39, 0.29) is 10.6 Å². The normalized spacial score (nSPS) is 9.89. The third kappa shape index (κ3) is 2.16. The molecule has 0 atom stereocenters. The summed E-state index contributed by atoms with van der Waals surface area (Å²) in [6, 6.07) is 2.17. The molecule has 0 amide bonds. The first-order chi connectivity index (χ1) is 8.27.